The van der Waals surface area contributed by atoms with E-state index < -0.39 is 10.0 Å². The van der Waals surface area contributed by atoms with Crippen molar-refractivity contribution in [1.29, 1.82) is 0 Å². The zero-order valence-electron chi connectivity index (χ0n) is 12.3. The van der Waals surface area contributed by atoms with E-state index in [4.69, 9.17) is 0 Å². The Hall–Kier alpha value is -0.630. The van der Waals surface area contributed by atoms with Gasteiger partial charge in [0.1, 0.15) is 4.66 Å². The number of likely N-dealkylation sites (N-methyl/N-ethyl adjacent to an activating group) is 1. The molecule has 0 aromatic heterocycles. The van der Waals surface area contributed by atoms with Crippen molar-refractivity contribution < 1.29 is 8.42 Å². The zero-order valence-corrected chi connectivity index (χ0v) is 14.7. The summed E-state index contributed by atoms with van der Waals surface area (Å²) in [7, 11) is 4.61. The molecule has 1 N–H and O–H groups in total. The van der Waals surface area contributed by atoms with Gasteiger partial charge in [-0.25, -0.2) is 13.1 Å². The molecule has 0 heterocycles. The predicted molar refractivity (Wildman–Crippen MR) is 87.9 cm³/mol. The number of hydrogen-bond acceptors (Lipinski definition) is 4. The summed E-state index contributed by atoms with van der Waals surface area (Å²) in [6, 6.07) is 8.13. The van der Waals surface area contributed by atoms with Gasteiger partial charge in [-0.15, -0.1) is 0 Å². The Kier molecular flexibility index (Phi) is 6.44. The fourth-order valence-electron chi connectivity index (χ4n) is 1.84. The van der Waals surface area contributed by atoms with Crippen molar-refractivity contribution in [2.45, 2.75) is 6.04 Å². The fraction of sp³-hybridized carbons (Fsp3) is 0.538. The molecular weight excluding hydrogens is 342 g/mol. The lowest BCUT2D eigenvalue weighted by Gasteiger charge is -2.25. The van der Waals surface area contributed by atoms with Crippen molar-refractivity contribution in [3.05, 3.63) is 29.8 Å². The van der Waals surface area contributed by atoms with Gasteiger partial charge in [-0.05, 0) is 31.8 Å². The average molecular weight is 364 g/mol. The van der Waals surface area contributed by atoms with Crippen molar-refractivity contribution >= 4 is 31.6 Å². The molecular formula is C13H22BrN3O2S. The molecule has 0 bridgehead atoms. The Labute approximate surface area is 130 Å². The summed E-state index contributed by atoms with van der Waals surface area (Å²) in [6.45, 7) is 0.349. The Morgan fingerprint density at radius 3 is 2.10 bits per heavy atom. The van der Waals surface area contributed by atoms with E-state index in [1.165, 1.54) is 0 Å². The lowest BCUT2D eigenvalue weighted by Crippen LogP contribution is -2.34. The minimum absolute atomic E-state index is 0.0000345. The predicted octanol–water partition coefficient (Wildman–Crippen LogP) is 1.63. The molecule has 1 rings (SSSR count). The minimum Gasteiger partial charge on any atom is -0.378 e. The lowest BCUT2D eigenvalue weighted by molar-refractivity contribution is 0.299. The first-order chi connectivity index (χ1) is 9.26. The number of rotatable bonds is 7. The van der Waals surface area contributed by atoms with E-state index in [0.29, 0.717) is 6.54 Å². The molecule has 5 nitrogen and oxygen atoms in total. The molecule has 0 radical (unpaired) electrons. The first-order valence-electron chi connectivity index (χ1n) is 6.24. The van der Waals surface area contributed by atoms with Gasteiger partial charge in [-0.3, -0.25) is 0 Å². The van der Waals surface area contributed by atoms with Gasteiger partial charge in [-0.1, -0.05) is 28.1 Å². The second kappa shape index (κ2) is 7.40. The number of alkyl halides is 1. The van der Waals surface area contributed by atoms with Crippen LogP contribution in [0.5, 0.6) is 0 Å². The first-order valence-corrected chi connectivity index (χ1v) is 9.01. The third-order valence-electron chi connectivity index (χ3n) is 3.06. The molecule has 0 aliphatic heterocycles. The number of halogens is 1. The van der Waals surface area contributed by atoms with Crippen LogP contribution in [0.2, 0.25) is 0 Å². The summed E-state index contributed by atoms with van der Waals surface area (Å²) in [4.78, 5) is 4.03. The Bertz CT molecular complexity index is 515. The highest BCUT2D eigenvalue weighted by molar-refractivity contribution is 9.10. The maximum atomic E-state index is 11.5. The second-order valence-corrected chi connectivity index (χ2v) is 8.15. The van der Waals surface area contributed by atoms with Crippen LogP contribution >= 0.6 is 15.9 Å². The van der Waals surface area contributed by atoms with E-state index in [0.717, 1.165) is 11.3 Å². The molecule has 114 valence electrons. The molecule has 0 saturated heterocycles. The topological polar surface area (TPSA) is 52.7 Å². The van der Waals surface area contributed by atoms with Crippen LogP contribution < -0.4 is 9.62 Å². The van der Waals surface area contributed by atoms with Gasteiger partial charge in [0.2, 0.25) is 10.0 Å². The van der Waals surface area contributed by atoms with Gasteiger partial charge in [-0.2, -0.15) is 0 Å². The van der Waals surface area contributed by atoms with Crippen LogP contribution in [0.25, 0.3) is 0 Å². The molecule has 1 aromatic carbocycles. The molecule has 0 aliphatic rings. The van der Waals surface area contributed by atoms with E-state index in [1.54, 1.807) is 0 Å². The molecule has 0 spiro atoms. The molecule has 20 heavy (non-hydrogen) atoms. The van der Waals surface area contributed by atoms with Crippen LogP contribution in [0.4, 0.5) is 5.69 Å². The third-order valence-corrected chi connectivity index (χ3v) is 5.76. The molecule has 0 unspecified atom stereocenters. The second-order valence-electron chi connectivity index (χ2n) is 5.04. The van der Waals surface area contributed by atoms with Crippen LogP contribution in [-0.4, -0.2) is 52.7 Å². The maximum absolute atomic E-state index is 11.5. The minimum atomic E-state index is -3.25. The number of benzene rings is 1. The van der Waals surface area contributed by atoms with Crippen LogP contribution in [0, 0.1) is 0 Å². The summed E-state index contributed by atoms with van der Waals surface area (Å²) < 4.78 is 25.6. The largest absolute Gasteiger partial charge is 0.378 e. The van der Waals surface area contributed by atoms with Gasteiger partial charge in [0, 0.05) is 32.4 Å². The van der Waals surface area contributed by atoms with Gasteiger partial charge in [0.25, 0.3) is 0 Å². The summed E-state index contributed by atoms with van der Waals surface area (Å²) in [5.74, 6) is 0. The van der Waals surface area contributed by atoms with Gasteiger partial charge in [0.15, 0.2) is 0 Å². The lowest BCUT2D eigenvalue weighted by atomic mass is 10.1. The average Bonchev–Trinajstić information content (AvgIpc) is 2.39. The van der Waals surface area contributed by atoms with E-state index in [1.807, 2.05) is 62.3 Å². The van der Waals surface area contributed by atoms with Crippen molar-refractivity contribution in [3.8, 4) is 0 Å². The highest BCUT2D eigenvalue weighted by Crippen LogP contribution is 2.21. The Morgan fingerprint density at radius 1 is 1.15 bits per heavy atom. The van der Waals surface area contributed by atoms with Crippen LogP contribution in [-0.2, 0) is 10.0 Å². The molecule has 0 fully saturated rings. The van der Waals surface area contributed by atoms with Crippen LogP contribution in [0.1, 0.15) is 11.6 Å². The number of anilines is 1. The molecule has 1 atom stereocenters. The molecule has 7 heteroatoms. The number of hydrogen-bond donors (Lipinski definition) is 1. The number of nitrogens with one attached hydrogen (secondary N) is 1. The SMILES string of the molecule is CN(C)c1ccc([C@H](CNS(=O)(=O)CBr)N(C)C)cc1. The Balaban J connectivity index is 2.86. The highest BCUT2D eigenvalue weighted by Gasteiger charge is 2.17. The van der Waals surface area contributed by atoms with Crippen molar-refractivity contribution in [2.24, 2.45) is 0 Å². The van der Waals surface area contributed by atoms with E-state index in [2.05, 4.69) is 20.7 Å². The molecule has 1 aromatic rings. The van der Waals surface area contributed by atoms with Gasteiger partial charge < -0.3 is 9.80 Å². The Morgan fingerprint density at radius 2 is 1.70 bits per heavy atom. The summed E-state index contributed by atoms with van der Waals surface area (Å²) in [6.07, 6.45) is 0. The van der Waals surface area contributed by atoms with Crippen LogP contribution in [0.15, 0.2) is 24.3 Å². The molecule has 0 aliphatic carbocycles. The number of sulfonamides is 1. The first kappa shape index (κ1) is 17.4. The van der Waals surface area contributed by atoms with E-state index in [9.17, 15) is 8.42 Å². The standard InChI is InChI=1S/C13H22BrN3O2S/c1-16(2)12-7-5-11(6-8-12)13(17(3)4)9-15-20(18,19)10-14/h5-8,13,15H,9-10H2,1-4H3/t13-/m0/s1. The van der Waals surface area contributed by atoms with Crippen molar-refractivity contribution in [1.82, 2.24) is 9.62 Å². The quantitative estimate of drug-likeness (QED) is 0.748. The fourth-order valence-corrected chi connectivity index (χ4v) is 2.81. The third kappa shape index (κ3) is 5.05. The molecule has 0 saturated carbocycles. The summed E-state index contributed by atoms with van der Waals surface area (Å²) >= 11 is 2.97. The van der Waals surface area contributed by atoms with E-state index >= 15 is 0 Å². The highest BCUT2D eigenvalue weighted by atomic mass is 79.9. The van der Waals surface area contributed by atoms with Crippen LogP contribution in [0.3, 0.4) is 0 Å². The van der Waals surface area contributed by atoms with Crippen molar-refractivity contribution in [2.75, 3.05) is 44.3 Å². The normalized spacial score (nSPS) is 13.5. The van der Waals surface area contributed by atoms with E-state index in [-0.39, 0.29) is 10.7 Å². The maximum Gasteiger partial charge on any atom is 0.221 e. The zero-order chi connectivity index (χ0) is 15.3. The monoisotopic (exact) mass is 363 g/mol. The van der Waals surface area contributed by atoms with Gasteiger partial charge >= 0.3 is 0 Å². The molecule has 0 amide bonds. The number of nitrogens with zero attached hydrogens (tertiary/aromatic N) is 2. The summed E-state index contributed by atoms with van der Waals surface area (Å²) in [5, 5.41) is 0. The smallest absolute Gasteiger partial charge is 0.221 e. The summed E-state index contributed by atoms with van der Waals surface area (Å²) in [5.41, 5.74) is 2.20. The van der Waals surface area contributed by atoms with Gasteiger partial charge in [0.05, 0.1) is 0 Å². The van der Waals surface area contributed by atoms with Crippen molar-refractivity contribution in [3.63, 3.8) is 0 Å².